The summed E-state index contributed by atoms with van der Waals surface area (Å²) < 4.78 is 79.6. The minimum Gasteiger partial charge on any atom is -0.338 e. The number of hydrogen-bond donors (Lipinski definition) is 0. The number of halogens is 6. The summed E-state index contributed by atoms with van der Waals surface area (Å²) in [4.78, 5) is 14.5. The Morgan fingerprint density at radius 3 is 1.65 bits per heavy atom. The van der Waals surface area contributed by atoms with Gasteiger partial charge in [-0.25, -0.2) is 0 Å². The Bertz CT molecular complexity index is 1110. The molecule has 8 heteroatoms. The second kappa shape index (κ2) is 9.16. The summed E-state index contributed by atoms with van der Waals surface area (Å²) in [7, 11) is 0. The highest BCUT2D eigenvalue weighted by Gasteiger charge is 2.39. The highest BCUT2D eigenvalue weighted by molar-refractivity contribution is 5.95. The lowest BCUT2D eigenvalue weighted by atomic mass is 9.76. The van der Waals surface area contributed by atoms with E-state index in [1.807, 2.05) is 60.7 Å². The molecule has 178 valence electrons. The van der Waals surface area contributed by atoms with E-state index in [-0.39, 0.29) is 31.0 Å². The predicted octanol–water partition coefficient (Wildman–Crippen LogP) is 7.14. The van der Waals surface area contributed by atoms with E-state index in [2.05, 4.69) is 0 Å². The summed E-state index contributed by atoms with van der Waals surface area (Å²) in [6.45, 7) is 0.402. The van der Waals surface area contributed by atoms with Crippen molar-refractivity contribution < 1.29 is 31.1 Å². The van der Waals surface area contributed by atoms with Crippen molar-refractivity contribution in [2.45, 2.75) is 30.6 Å². The summed E-state index contributed by atoms with van der Waals surface area (Å²) in [5.41, 5.74) is -1.59. The monoisotopic (exact) mass is 477 g/mol. The molecule has 2 atom stereocenters. The van der Waals surface area contributed by atoms with Gasteiger partial charge in [0.25, 0.3) is 5.91 Å². The van der Waals surface area contributed by atoms with Gasteiger partial charge in [-0.05, 0) is 41.7 Å². The van der Waals surface area contributed by atoms with E-state index in [1.165, 1.54) is 4.90 Å². The number of carbonyl (C=O) groups is 1. The first-order valence-corrected chi connectivity index (χ1v) is 10.7. The smallest absolute Gasteiger partial charge is 0.338 e. The molecule has 0 aromatic heterocycles. The predicted molar refractivity (Wildman–Crippen MR) is 115 cm³/mol. The summed E-state index contributed by atoms with van der Waals surface area (Å²) >= 11 is 0. The Hall–Kier alpha value is -3.29. The van der Waals surface area contributed by atoms with Crippen molar-refractivity contribution in [1.29, 1.82) is 0 Å². The topological polar surface area (TPSA) is 20.3 Å². The summed E-state index contributed by atoms with van der Waals surface area (Å²) in [5.74, 6) is -0.946. The number of likely N-dealkylation sites (tertiary alicyclic amines) is 1. The second-order valence-electron chi connectivity index (χ2n) is 8.37. The SMILES string of the molecule is O=C(c1cc(C(F)(F)F)cc(C(F)(F)F)c1)N1CCC(c2ccccc2)C(c2ccccc2)C1. The number of rotatable bonds is 3. The van der Waals surface area contributed by atoms with Gasteiger partial charge in [0.15, 0.2) is 0 Å². The van der Waals surface area contributed by atoms with Gasteiger partial charge in [-0.15, -0.1) is 0 Å². The van der Waals surface area contributed by atoms with Crippen LogP contribution >= 0.6 is 0 Å². The molecule has 1 aliphatic heterocycles. The number of piperidine rings is 1. The van der Waals surface area contributed by atoms with E-state index in [9.17, 15) is 31.1 Å². The zero-order valence-corrected chi connectivity index (χ0v) is 17.9. The van der Waals surface area contributed by atoms with Gasteiger partial charge in [0.05, 0.1) is 11.1 Å². The molecule has 2 nitrogen and oxygen atoms in total. The Kier molecular flexibility index (Phi) is 6.43. The Morgan fingerprint density at radius 2 is 1.18 bits per heavy atom. The minimum absolute atomic E-state index is 0.0329. The average molecular weight is 477 g/mol. The molecule has 1 amide bonds. The molecule has 34 heavy (non-hydrogen) atoms. The van der Waals surface area contributed by atoms with Crippen molar-refractivity contribution >= 4 is 5.91 Å². The number of benzene rings is 3. The van der Waals surface area contributed by atoms with Gasteiger partial charge < -0.3 is 4.90 Å². The van der Waals surface area contributed by atoms with Crippen LogP contribution in [-0.2, 0) is 12.4 Å². The Morgan fingerprint density at radius 1 is 0.706 bits per heavy atom. The van der Waals surface area contributed by atoms with Crippen LogP contribution in [0, 0.1) is 0 Å². The molecule has 0 aliphatic carbocycles. The summed E-state index contributed by atoms with van der Waals surface area (Å²) in [6, 6.07) is 20.1. The van der Waals surface area contributed by atoms with E-state index < -0.39 is 35.0 Å². The van der Waals surface area contributed by atoms with Gasteiger partial charge in [0, 0.05) is 24.6 Å². The number of hydrogen-bond acceptors (Lipinski definition) is 1. The molecular weight excluding hydrogens is 456 g/mol. The second-order valence-corrected chi connectivity index (χ2v) is 8.37. The first-order valence-electron chi connectivity index (χ1n) is 10.7. The zero-order valence-electron chi connectivity index (χ0n) is 17.9. The highest BCUT2D eigenvalue weighted by Crippen LogP contribution is 2.41. The van der Waals surface area contributed by atoms with Crippen molar-refractivity contribution in [3.63, 3.8) is 0 Å². The van der Waals surface area contributed by atoms with Crippen LogP contribution in [0.15, 0.2) is 78.9 Å². The normalized spacial score (nSPS) is 19.2. The van der Waals surface area contributed by atoms with Crippen LogP contribution in [0.2, 0.25) is 0 Å². The van der Waals surface area contributed by atoms with Gasteiger partial charge in [-0.1, -0.05) is 60.7 Å². The zero-order chi connectivity index (χ0) is 24.5. The van der Waals surface area contributed by atoms with Gasteiger partial charge in [-0.2, -0.15) is 26.3 Å². The Balaban J connectivity index is 1.68. The number of alkyl halides is 6. The molecular formula is C26H21F6NO. The fourth-order valence-electron chi connectivity index (χ4n) is 4.53. The third-order valence-electron chi connectivity index (χ3n) is 6.19. The van der Waals surface area contributed by atoms with Crippen molar-refractivity contribution in [1.82, 2.24) is 4.90 Å². The number of carbonyl (C=O) groups excluding carboxylic acids is 1. The molecule has 1 saturated heterocycles. The summed E-state index contributed by atoms with van der Waals surface area (Å²) in [5, 5.41) is 0. The molecule has 0 radical (unpaired) electrons. The largest absolute Gasteiger partial charge is 0.416 e. The van der Waals surface area contributed by atoms with Gasteiger partial charge in [-0.3, -0.25) is 4.79 Å². The third-order valence-corrected chi connectivity index (χ3v) is 6.19. The van der Waals surface area contributed by atoms with Crippen LogP contribution in [0.1, 0.15) is 50.9 Å². The number of amides is 1. The molecule has 0 saturated carbocycles. The average Bonchev–Trinajstić information content (AvgIpc) is 2.83. The van der Waals surface area contributed by atoms with E-state index in [1.54, 1.807) is 0 Å². The first kappa shape index (κ1) is 23.9. The fourth-order valence-corrected chi connectivity index (χ4v) is 4.53. The van der Waals surface area contributed by atoms with Crippen LogP contribution < -0.4 is 0 Å². The molecule has 0 N–H and O–H groups in total. The van der Waals surface area contributed by atoms with Crippen molar-refractivity contribution in [2.24, 2.45) is 0 Å². The lowest BCUT2D eigenvalue weighted by Gasteiger charge is -2.39. The molecule has 3 aromatic carbocycles. The van der Waals surface area contributed by atoms with Crippen molar-refractivity contribution in [2.75, 3.05) is 13.1 Å². The quantitative estimate of drug-likeness (QED) is 0.367. The summed E-state index contributed by atoms with van der Waals surface area (Å²) in [6.07, 6.45) is -9.49. The standard InChI is InChI=1S/C26H21F6NO/c27-25(28,29)20-13-19(14-21(15-20)26(30,31)32)24(34)33-12-11-22(17-7-3-1-4-8-17)23(16-33)18-9-5-2-6-10-18/h1-10,13-15,22-23H,11-12,16H2. The third kappa shape index (κ3) is 5.11. The van der Waals surface area contributed by atoms with Crippen LogP contribution in [0.3, 0.4) is 0 Å². The maximum absolute atomic E-state index is 13.3. The maximum Gasteiger partial charge on any atom is 0.416 e. The molecule has 0 bridgehead atoms. The van der Waals surface area contributed by atoms with Crippen LogP contribution in [0.5, 0.6) is 0 Å². The molecule has 3 aromatic rings. The van der Waals surface area contributed by atoms with Crippen molar-refractivity contribution in [3.05, 3.63) is 107 Å². The Labute approximate surface area is 192 Å². The van der Waals surface area contributed by atoms with Gasteiger partial charge in [0.2, 0.25) is 0 Å². The minimum atomic E-state index is -5.01. The number of nitrogens with zero attached hydrogens (tertiary/aromatic N) is 1. The van der Waals surface area contributed by atoms with E-state index in [0.717, 1.165) is 11.1 Å². The molecule has 1 aliphatic rings. The van der Waals surface area contributed by atoms with Gasteiger partial charge in [0.1, 0.15) is 0 Å². The highest BCUT2D eigenvalue weighted by atomic mass is 19.4. The van der Waals surface area contributed by atoms with Crippen LogP contribution in [0.4, 0.5) is 26.3 Å². The van der Waals surface area contributed by atoms with E-state index in [4.69, 9.17) is 0 Å². The lowest BCUT2D eigenvalue weighted by molar-refractivity contribution is -0.143. The molecule has 1 heterocycles. The maximum atomic E-state index is 13.3. The van der Waals surface area contributed by atoms with Crippen LogP contribution in [0.25, 0.3) is 0 Å². The van der Waals surface area contributed by atoms with Crippen LogP contribution in [-0.4, -0.2) is 23.9 Å². The van der Waals surface area contributed by atoms with Gasteiger partial charge >= 0.3 is 12.4 Å². The lowest BCUT2D eigenvalue weighted by Crippen LogP contribution is -2.42. The van der Waals surface area contributed by atoms with Crippen molar-refractivity contribution in [3.8, 4) is 0 Å². The van der Waals surface area contributed by atoms with E-state index in [0.29, 0.717) is 18.6 Å². The molecule has 1 fully saturated rings. The molecule has 0 spiro atoms. The van der Waals surface area contributed by atoms with E-state index >= 15 is 0 Å². The molecule has 4 rings (SSSR count). The fraction of sp³-hybridized carbons (Fsp3) is 0.269. The molecule has 2 unspecified atom stereocenters. The first-order chi connectivity index (χ1) is 16.0.